The van der Waals surface area contributed by atoms with Crippen molar-refractivity contribution in [3.63, 3.8) is 0 Å². The second-order valence-corrected chi connectivity index (χ2v) is 8.03. The number of benzene rings is 1. The number of sulfonamides is 1. The number of aryl methyl sites for hydroxylation is 1. The van der Waals surface area contributed by atoms with Crippen LogP contribution in [0.2, 0.25) is 0 Å². The quantitative estimate of drug-likeness (QED) is 0.871. The van der Waals surface area contributed by atoms with Crippen LogP contribution in [0.4, 0.5) is 5.69 Å². The van der Waals surface area contributed by atoms with Gasteiger partial charge < -0.3 is 5.73 Å². The molecule has 1 rings (SSSR count). The Kier molecular flexibility index (Phi) is 4.81. The van der Waals surface area contributed by atoms with Gasteiger partial charge in [0.15, 0.2) is 5.25 Å². The van der Waals surface area contributed by atoms with Gasteiger partial charge in [0.05, 0.1) is 0 Å². The van der Waals surface area contributed by atoms with Gasteiger partial charge in [-0.25, -0.2) is 8.42 Å². The van der Waals surface area contributed by atoms with Gasteiger partial charge in [-0.3, -0.25) is 9.52 Å². The van der Waals surface area contributed by atoms with Crippen molar-refractivity contribution in [3.05, 3.63) is 29.8 Å². The second kappa shape index (κ2) is 5.83. The Balaban J connectivity index is 2.99. The van der Waals surface area contributed by atoms with E-state index in [4.69, 9.17) is 5.73 Å². The van der Waals surface area contributed by atoms with Gasteiger partial charge in [0.2, 0.25) is 15.9 Å². The van der Waals surface area contributed by atoms with E-state index in [0.717, 1.165) is 5.56 Å². The van der Waals surface area contributed by atoms with Crippen molar-refractivity contribution < 1.29 is 13.2 Å². The van der Waals surface area contributed by atoms with Gasteiger partial charge in [-0.15, -0.1) is 0 Å². The smallest absolute Gasteiger partial charge is 0.244 e. The molecule has 0 spiro atoms. The van der Waals surface area contributed by atoms with Crippen molar-refractivity contribution in [2.75, 3.05) is 4.72 Å². The van der Waals surface area contributed by atoms with Crippen LogP contribution in [-0.4, -0.2) is 19.6 Å². The van der Waals surface area contributed by atoms with E-state index in [9.17, 15) is 13.2 Å². The maximum atomic E-state index is 12.3. The molecule has 0 radical (unpaired) electrons. The number of hydrogen-bond acceptors (Lipinski definition) is 3. The van der Waals surface area contributed by atoms with Gasteiger partial charge in [0.25, 0.3) is 0 Å². The van der Waals surface area contributed by atoms with Crippen LogP contribution < -0.4 is 10.5 Å². The molecule has 0 bridgehead atoms. The van der Waals surface area contributed by atoms with Crippen LogP contribution in [0, 0.1) is 12.3 Å². The molecule has 0 heterocycles. The Hall–Kier alpha value is -1.56. The molecule has 0 saturated heterocycles. The SMILES string of the molecule is Cc1ccc(NS(=O)(=O)C(CC(C)(C)C)C(N)=O)cc1. The molecule has 1 aromatic carbocycles. The Morgan fingerprint density at radius 3 is 2.15 bits per heavy atom. The fourth-order valence-corrected chi connectivity index (χ4v) is 3.41. The van der Waals surface area contributed by atoms with Crippen LogP contribution in [0.3, 0.4) is 0 Å². The average molecular weight is 298 g/mol. The van der Waals surface area contributed by atoms with E-state index >= 15 is 0 Å². The predicted octanol–water partition coefficient (Wildman–Crippen LogP) is 2.03. The second-order valence-electron chi connectivity index (χ2n) is 6.17. The highest BCUT2D eigenvalue weighted by atomic mass is 32.2. The Morgan fingerprint density at radius 2 is 1.75 bits per heavy atom. The molecular weight excluding hydrogens is 276 g/mol. The van der Waals surface area contributed by atoms with E-state index < -0.39 is 21.2 Å². The Bertz CT molecular complexity index is 571. The number of nitrogens with two attached hydrogens (primary N) is 1. The standard InChI is InChI=1S/C14H22N2O3S/c1-10-5-7-11(8-6-10)16-20(18,19)12(13(15)17)9-14(2,3)4/h5-8,12,16H,9H2,1-4H3,(H2,15,17). The van der Waals surface area contributed by atoms with Crippen molar-refractivity contribution in [2.24, 2.45) is 11.1 Å². The Morgan fingerprint density at radius 1 is 1.25 bits per heavy atom. The molecule has 20 heavy (non-hydrogen) atoms. The number of carbonyl (C=O) groups is 1. The lowest BCUT2D eigenvalue weighted by molar-refractivity contribution is -0.118. The molecule has 0 aliphatic heterocycles. The minimum atomic E-state index is -3.85. The maximum absolute atomic E-state index is 12.3. The van der Waals surface area contributed by atoms with Crippen molar-refractivity contribution in [3.8, 4) is 0 Å². The summed E-state index contributed by atoms with van der Waals surface area (Å²) in [6.07, 6.45) is 0.170. The first-order valence-electron chi connectivity index (χ1n) is 6.39. The summed E-state index contributed by atoms with van der Waals surface area (Å²) < 4.78 is 27.0. The zero-order valence-electron chi connectivity index (χ0n) is 12.3. The maximum Gasteiger partial charge on any atom is 0.244 e. The molecule has 6 heteroatoms. The number of amides is 1. The fourth-order valence-electron chi connectivity index (χ4n) is 1.78. The van der Waals surface area contributed by atoms with Crippen LogP contribution in [0.1, 0.15) is 32.8 Å². The normalized spacial score (nSPS) is 13.8. The highest BCUT2D eigenvalue weighted by Crippen LogP contribution is 2.25. The molecule has 112 valence electrons. The number of primary amides is 1. The third-order valence-electron chi connectivity index (χ3n) is 2.80. The topological polar surface area (TPSA) is 89.3 Å². The molecule has 0 saturated carbocycles. The molecule has 0 aliphatic rings. The van der Waals surface area contributed by atoms with Crippen molar-refractivity contribution in [2.45, 2.75) is 39.4 Å². The molecular formula is C14H22N2O3S. The van der Waals surface area contributed by atoms with E-state index in [1.165, 1.54) is 0 Å². The van der Waals surface area contributed by atoms with Gasteiger partial charge in [-0.05, 0) is 30.9 Å². The van der Waals surface area contributed by atoms with E-state index in [-0.39, 0.29) is 11.8 Å². The first-order valence-corrected chi connectivity index (χ1v) is 7.93. The minimum absolute atomic E-state index is 0.170. The minimum Gasteiger partial charge on any atom is -0.368 e. The summed E-state index contributed by atoms with van der Waals surface area (Å²) >= 11 is 0. The van der Waals surface area contributed by atoms with E-state index in [0.29, 0.717) is 5.69 Å². The molecule has 1 amide bonds. The predicted molar refractivity (Wildman–Crippen MR) is 80.8 cm³/mol. The molecule has 0 fully saturated rings. The summed E-state index contributed by atoms with van der Waals surface area (Å²) in [4.78, 5) is 11.5. The number of anilines is 1. The van der Waals surface area contributed by atoms with Gasteiger partial charge in [0.1, 0.15) is 0 Å². The first-order chi connectivity index (χ1) is 9.01. The zero-order valence-corrected chi connectivity index (χ0v) is 13.1. The lowest BCUT2D eigenvalue weighted by Crippen LogP contribution is -2.41. The fraction of sp³-hybridized carbons (Fsp3) is 0.500. The number of hydrogen-bond donors (Lipinski definition) is 2. The van der Waals surface area contributed by atoms with Crippen LogP contribution in [0.5, 0.6) is 0 Å². The third-order valence-corrected chi connectivity index (χ3v) is 4.47. The summed E-state index contributed by atoms with van der Waals surface area (Å²) in [5, 5.41) is -1.25. The molecule has 1 atom stereocenters. The number of nitrogens with one attached hydrogen (secondary N) is 1. The van der Waals surface area contributed by atoms with E-state index in [1.807, 2.05) is 27.7 Å². The monoisotopic (exact) mass is 298 g/mol. The van der Waals surface area contributed by atoms with E-state index in [2.05, 4.69) is 4.72 Å². The van der Waals surface area contributed by atoms with E-state index in [1.54, 1.807) is 24.3 Å². The molecule has 3 N–H and O–H groups in total. The third kappa shape index (κ3) is 4.85. The summed E-state index contributed by atoms with van der Waals surface area (Å²) in [6.45, 7) is 7.50. The van der Waals surface area contributed by atoms with Gasteiger partial charge >= 0.3 is 0 Å². The molecule has 1 aromatic rings. The van der Waals surface area contributed by atoms with Gasteiger partial charge in [0, 0.05) is 5.69 Å². The van der Waals surface area contributed by atoms with Crippen LogP contribution in [0.15, 0.2) is 24.3 Å². The lowest BCUT2D eigenvalue weighted by Gasteiger charge is -2.24. The number of carbonyl (C=O) groups excluding carboxylic acids is 1. The molecule has 1 unspecified atom stereocenters. The highest BCUT2D eigenvalue weighted by molar-refractivity contribution is 7.94. The Labute approximate surface area is 120 Å². The van der Waals surface area contributed by atoms with Crippen molar-refractivity contribution in [1.82, 2.24) is 0 Å². The summed E-state index contributed by atoms with van der Waals surface area (Å²) in [6, 6.07) is 6.89. The van der Waals surface area contributed by atoms with Crippen LogP contribution in [-0.2, 0) is 14.8 Å². The zero-order chi connectivity index (χ0) is 15.6. The van der Waals surface area contributed by atoms with Crippen LogP contribution >= 0.6 is 0 Å². The molecule has 5 nitrogen and oxygen atoms in total. The lowest BCUT2D eigenvalue weighted by atomic mass is 9.90. The average Bonchev–Trinajstić information content (AvgIpc) is 2.27. The number of rotatable bonds is 5. The molecule has 0 aliphatic carbocycles. The summed E-state index contributed by atoms with van der Waals surface area (Å²) in [5.41, 5.74) is 6.38. The summed E-state index contributed by atoms with van der Waals surface area (Å²) in [5.74, 6) is -0.834. The highest BCUT2D eigenvalue weighted by Gasteiger charge is 2.34. The van der Waals surface area contributed by atoms with Crippen molar-refractivity contribution in [1.29, 1.82) is 0 Å². The molecule has 0 aromatic heterocycles. The van der Waals surface area contributed by atoms with Gasteiger partial charge in [-0.2, -0.15) is 0 Å². The largest absolute Gasteiger partial charge is 0.368 e. The van der Waals surface area contributed by atoms with Gasteiger partial charge in [-0.1, -0.05) is 38.5 Å². The van der Waals surface area contributed by atoms with Crippen LogP contribution in [0.25, 0.3) is 0 Å². The van der Waals surface area contributed by atoms with Crippen molar-refractivity contribution >= 4 is 21.6 Å². The first kappa shape index (κ1) is 16.5. The summed E-state index contributed by atoms with van der Waals surface area (Å²) in [7, 11) is -3.85.